The molecule has 0 aliphatic carbocycles. The first-order chi connectivity index (χ1) is 7.27. The summed E-state index contributed by atoms with van der Waals surface area (Å²) in [6, 6.07) is 11.0. The molecule has 76 valence electrons. The average Bonchev–Trinajstić information content (AvgIpc) is 2.24. The van der Waals surface area contributed by atoms with Crippen LogP contribution in [0.5, 0.6) is 11.6 Å². The molecule has 0 amide bonds. The standard InChI is InChI=1S/C11H7BrClNO/c12-8-4-1-2-6-10(8)15-11-9(13)5-3-7-14-11/h1-7H. The smallest absolute Gasteiger partial charge is 0.238 e. The number of aromatic nitrogens is 1. The predicted octanol–water partition coefficient (Wildman–Crippen LogP) is 4.29. The molecule has 0 fully saturated rings. The Balaban J connectivity index is 2.30. The van der Waals surface area contributed by atoms with Crippen LogP contribution in [0.25, 0.3) is 0 Å². The number of halogens is 2. The zero-order chi connectivity index (χ0) is 10.7. The highest BCUT2D eigenvalue weighted by Gasteiger charge is 2.05. The molecule has 1 aromatic carbocycles. The van der Waals surface area contributed by atoms with E-state index in [0.29, 0.717) is 16.7 Å². The molecule has 4 heteroatoms. The van der Waals surface area contributed by atoms with Gasteiger partial charge in [-0.15, -0.1) is 0 Å². The first-order valence-electron chi connectivity index (χ1n) is 4.30. The Morgan fingerprint density at radius 1 is 1.13 bits per heavy atom. The maximum atomic E-state index is 5.92. The Labute approximate surface area is 101 Å². The van der Waals surface area contributed by atoms with E-state index in [1.54, 1.807) is 18.3 Å². The molecular weight excluding hydrogens is 277 g/mol. The number of benzene rings is 1. The van der Waals surface area contributed by atoms with Crippen LogP contribution < -0.4 is 4.74 Å². The fourth-order valence-electron chi connectivity index (χ4n) is 1.08. The van der Waals surface area contributed by atoms with E-state index in [1.165, 1.54) is 0 Å². The molecule has 2 nitrogen and oxygen atoms in total. The van der Waals surface area contributed by atoms with E-state index in [-0.39, 0.29) is 0 Å². The second-order valence-electron chi connectivity index (χ2n) is 2.82. The van der Waals surface area contributed by atoms with Gasteiger partial charge in [0, 0.05) is 6.20 Å². The molecule has 2 aromatic rings. The third kappa shape index (κ3) is 2.49. The van der Waals surface area contributed by atoms with E-state index in [1.807, 2.05) is 24.3 Å². The summed E-state index contributed by atoms with van der Waals surface area (Å²) in [7, 11) is 0. The number of nitrogens with zero attached hydrogens (tertiary/aromatic N) is 1. The van der Waals surface area contributed by atoms with Gasteiger partial charge < -0.3 is 4.74 Å². The first kappa shape index (κ1) is 10.5. The lowest BCUT2D eigenvalue weighted by Crippen LogP contribution is -1.88. The van der Waals surface area contributed by atoms with Gasteiger partial charge in [-0.1, -0.05) is 23.7 Å². The Morgan fingerprint density at radius 3 is 2.67 bits per heavy atom. The van der Waals surface area contributed by atoms with Crippen molar-refractivity contribution in [2.75, 3.05) is 0 Å². The zero-order valence-corrected chi connectivity index (χ0v) is 9.99. The Bertz CT molecular complexity index is 432. The SMILES string of the molecule is Clc1cccnc1Oc1ccccc1Br. The van der Waals surface area contributed by atoms with Gasteiger partial charge in [0.2, 0.25) is 5.88 Å². The van der Waals surface area contributed by atoms with E-state index in [0.717, 1.165) is 4.47 Å². The molecule has 1 heterocycles. The highest BCUT2D eigenvalue weighted by Crippen LogP contribution is 2.31. The molecule has 0 radical (unpaired) electrons. The third-order valence-electron chi connectivity index (χ3n) is 1.77. The number of hydrogen-bond acceptors (Lipinski definition) is 2. The second kappa shape index (κ2) is 4.64. The number of hydrogen-bond donors (Lipinski definition) is 0. The highest BCUT2D eigenvalue weighted by molar-refractivity contribution is 9.10. The van der Waals surface area contributed by atoms with Crippen LogP contribution in [-0.4, -0.2) is 4.98 Å². The quantitative estimate of drug-likeness (QED) is 0.821. The fraction of sp³-hybridized carbons (Fsp3) is 0. The minimum absolute atomic E-state index is 0.408. The highest BCUT2D eigenvalue weighted by atomic mass is 79.9. The second-order valence-corrected chi connectivity index (χ2v) is 4.08. The predicted molar refractivity (Wildman–Crippen MR) is 63.5 cm³/mol. The fourth-order valence-corrected chi connectivity index (χ4v) is 1.60. The summed E-state index contributed by atoms with van der Waals surface area (Å²) < 4.78 is 6.42. The van der Waals surface area contributed by atoms with Gasteiger partial charge >= 0.3 is 0 Å². The van der Waals surface area contributed by atoms with Crippen molar-refractivity contribution in [2.45, 2.75) is 0 Å². The number of rotatable bonds is 2. The molecule has 0 aliphatic rings. The summed E-state index contributed by atoms with van der Waals surface area (Å²) in [5.41, 5.74) is 0. The van der Waals surface area contributed by atoms with Gasteiger partial charge in [-0.3, -0.25) is 0 Å². The molecule has 0 atom stereocenters. The maximum Gasteiger partial charge on any atom is 0.238 e. The number of para-hydroxylation sites is 1. The van der Waals surface area contributed by atoms with Crippen LogP contribution in [-0.2, 0) is 0 Å². The number of ether oxygens (including phenoxy) is 1. The van der Waals surface area contributed by atoms with Gasteiger partial charge in [-0.05, 0) is 40.2 Å². The molecule has 0 spiro atoms. The number of pyridine rings is 1. The van der Waals surface area contributed by atoms with Gasteiger partial charge in [-0.25, -0.2) is 4.98 Å². The molecule has 1 aromatic heterocycles. The Morgan fingerprint density at radius 2 is 1.93 bits per heavy atom. The van der Waals surface area contributed by atoms with E-state index >= 15 is 0 Å². The summed E-state index contributed by atoms with van der Waals surface area (Å²) in [5.74, 6) is 1.10. The molecule has 15 heavy (non-hydrogen) atoms. The molecule has 0 aliphatic heterocycles. The van der Waals surface area contributed by atoms with Crippen molar-refractivity contribution in [3.63, 3.8) is 0 Å². The molecule has 0 saturated heterocycles. The summed E-state index contributed by atoms with van der Waals surface area (Å²) >= 11 is 9.31. The Hall–Kier alpha value is -1.06. The van der Waals surface area contributed by atoms with Crippen molar-refractivity contribution in [3.8, 4) is 11.6 Å². The topological polar surface area (TPSA) is 22.1 Å². The van der Waals surface area contributed by atoms with Gasteiger partial charge in [0.05, 0.1) is 4.47 Å². The van der Waals surface area contributed by atoms with E-state index in [2.05, 4.69) is 20.9 Å². The van der Waals surface area contributed by atoms with Crippen molar-refractivity contribution in [2.24, 2.45) is 0 Å². The monoisotopic (exact) mass is 283 g/mol. The molecule has 2 rings (SSSR count). The summed E-state index contributed by atoms with van der Waals surface area (Å²) in [4.78, 5) is 4.04. The van der Waals surface area contributed by atoms with E-state index in [9.17, 15) is 0 Å². The van der Waals surface area contributed by atoms with Crippen molar-refractivity contribution < 1.29 is 4.74 Å². The largest absolute Gasteiger partial charge is 0.436 e. The van der Waals surface area contributed by atoms with E-state index in [4.69, 9.17) is 16.3 Å². The molecule has 0 N–H and O–H groups in total. The molecule has 0 bridgehead atoms. The zero-order valence-electron chi connectivity index (χ0n) is 7.65. The lowest BCUT2D eigenvalue weighted by Gasteiger charge is -2.07. The maximum absolute atomic E-state index is 5.92. The minimum Gasteiger partial charge on any atom is -0.436 e. The third-order valence-corrected chi connectivity index (χ3v) is 2.71. The van der Waals surface area contributed by atoms with Crippen LogP contribution in [0.2, 0.25) is 5.02 Å². The molecule has 0 unspecified atom stereocenters. The van der Waals surface area contributed by atoms with E-state index < -0.39 is 0 Å². The van der Waals surface area contributed by atoms with Crippen LogP contribution >= 0.6 is 27.5 Å². The van der Waals surface area contributed by atoms with Crippen LogP contribution in [0.15, 0.2) is 47.1 Å². The van der Waals surface area contributed by atoms with Crippen LogP contribution in [0, 0.1) is 0 Å². The first-order valence-corrected chi connectivity index (χ1v) is 5.47. The van der Waals surface area contributed by atoms with Crippen LogP contribution in [0.1, 0.15) is 0 Å². The van der Waals surface area contributed by atoms with Crippen molar-refractivity contribution in [3.05, 3.63) is 52.1 Å². The van der Waals surface area contributed by atoms with Gasteiger partial charge in [-0.2, -0.15) is 0 Å². The normalized spacial score (nSPS) is 10.0. The average molecular weight is 285 g/mol. The summed E-state index contributed by atoms with van der Waals surface area (Å²) in [5, 5.41) is 0.494. The minimum atomic E-state index is 0.408. The van der Waals surface area contributed by atoms with Gasteiger partial charge in [0.1, 0.15) is 10.8 Å². The van der Waals surface area contributed by atoms with Crippen LogP contribution in [0.4, 0.5) is 0 Å². The molecular formula is C11H7BrClNO. The van der Waals surface area contributed by atoms with Crippen molar-refractivity contribution in [1.29, 1.82) is 0 Å². The lowest BCUT2D eigenvalue weighted by atomic mass is 10.3. The molecule has 0 saturated carbocycles. The lowest BCUT2D eigenvalue weighted by molar-refractivity contribution is 0.460. The van der Waals surface area contributed by atoms with Gasteiger partial charge in [0.25, 0.3) is 0 Å². The van der Waals surface area contributed by atoms with Crippen molar-refractivity contribution in [1.82, 2.24) is 4.98 Å². The van der Waals surface area contributed by atoms with Crippen molar-refractivity contribution >= 4 is 27.5 Å². The summed E-state index contributed by atoms with van der Waals surface area (Å²) in [6.07, 6.45) is 1.64. The summed E-state index contributed by atoms with van der Waals surface area (Å²) in [6.45, 7) is 0. The Kier molecular flexibility index (Phi) is 3.23. The van der Waals surface area contributed by atoms with Crippen LogP contribution in [0.3, 0.4) is 0 Å². The van der Waals surface area contributed by atoms with Gasteiger partial charge in [0.15, 0.2) is 0 Å².